The number of aliphatic hydroxyl groups excluding tert-OH is 1. The minimum absolute atomic E-state index is 0.104. The fourth-order valence-corrected chi connectivity index (χ4v) is 1.12. The summed E-state index contributed by atoms with van der Waals surface area (Å²) >= 11 is 0. The number of para-hydroxylation sites is 1. The number of anilines is 1. The Labute approximate surface area is 79.8 Å². The summed E-state index contributed by atoms with van der Waals surface area (Å²) in [6.07, 6.45) is -1.77. The number of nitrogens with two attached hydrogens (primary N) is 1. The molecule has 4 nitrogen and oxygen atoms in total. The molecule has 5 heteroatoms. The topological polar surface area (TPSA) is 83.5 Å². The van der Waals surface area contributed by atoms with E-state index >= 15 is 0 Å². The normalized spacial score (nSPS) is 12.4. The summed E-state index contributed by atoms with van der Waals surface area (Å²) in [5, 5.41) is 17.8. The minimum Gasteiger partial charge on any atom is -0.481 e. The third-order valence-electron chi connectivity index (χ3n) is 1.81. The van der Waals surface area contributed by atoms with Crippen LogP contribution in [-0.2, 0) is 4.79 Å². The van der Waals surface area contributed by atoms with Crippen LogP contribution < -0.4 is 5.73 Å². The molecule has 0 spiro atoms. The number of carboxylic acids is 1. The second kappa shape index (κ2) is 4.06. The molecule has 0 radical (unpaired) electrons. The minimum atomic E-state index is -1.27. The van der Waals surface area contributed by atoms with Crippen LogP contribution in [0.2, 0.25) is 0 Å². The van der Waals surface area contributed by atoms with Gasteiger partial charge in [0, 0.05) is 5.56 Å². The number of halogens is 1. The van der Waals surface area contributed by atoms with Crippen LogP contribution in [-0.4, -0.2) is 16.2 Å². The van der Waals surface area contributed by atoms with Gasteiger partial charge in [-0.25, -0.2) is 4.39 Å². The molecule has 0 aliphatic carbocycles. The van der Waals surface area contributed by atoms with Crippen LogP contribution in [0, 0.1) is 5.82 Å². The number of rotatable bonds is 3. The Hall–Kier alpha value is -1.62. The van der Waals surface area contributed by atoms with Gasteiger partial charge in [0.2, 0.25) is 0 Å². The van der Waals surface area contributed by atoms with E-state index in [1.165, 1.54) is 12.1 Å². The predicted octanol–water partition coefficient (Wildman–Crippen LogP) is 0.916. The lowest BCUT2D eigenvalue weighted by Gasteiger charge is -2.11. The lowest BCUT2D eigenvalue weighted by Crippen LogP contribution is -2.08. The highest BCUT2D eigenvalue weighted by molar-refractivity contribution is 5.68. The molecule has 0 bridgehead atoms. The summed E-state index contributed by atoms with van der Waals surface area (Å²) in [5.74, 6) is -1.83. The Morgan fingerprint density at radius 3 is 2.79 bits per heavy atom. The molecule has 0 heterocycles. The van der Waals surface area contributed by atoms with E-state index in [0.29, 0.717) is 0 Å². The van der Waals surface area contributed by atoms with Crippen LogP contribution >= 0.6 is 0 Å². The summed E-state index contributed by atoms with van der Waals surface area (Å²) in [5.41, 5.74) is 5.23. The van der Waals surface area contributed by atoms with Crippen molar-refractivity contribution < 1.29 is 19.4 Å². The summed E-state index contributed by atoms with van der Waals surface area (Å²) in [6, 6.07) is 3.91. The van der Waals surface area contributed by atoms with E-state index in [2.05, 4.69) is 0 Å². The van der Waals surface area contributed by atoms with Gasteiger partial charge < -0.3 is 15.9 Å². The predicted molar refractivity (Wildman–Crippen MR) is 48.0 cm³/mol. The molecule has 0 saturated carbocycles. The molecular weight excluding hydrogens is 189 g/mol. The van der Waals surface area contributed by atoms with Crippen LogP contribution in [0.3, 0.4) is 0 Å². The van der Waals surface area contributed by atoms with E-state index in [-0.39, 0.29) is 11.3 Å². The SMILES string of the molecule is Nc1c(F)cccc1C(O)CC(=O)O. The zero-order valence-electron chi connectivity index (χ0n) is 7.27. The standard InChI is InChI=1S/C9H10FNO3/c10-6-3-1-2-5(9(6)11)7(12)4-8(13)14/h1-3,7,12H,4,11H2,(H,13,14). The van der Waals surface area contributed by atoms with Gasteiger partial charge in [-0.2, -0.15) is 0 Å². The fraction of sp³-hybridized carbons (Fsp3) is 0.222. The highest BCUT2D eigenvalue weighted by Crippen LogP contribution is 2.24. The van der Waals surface area contributed by atoms with E-state index < -0.39 is 24.3 Å². The van der Waals surface area contributed by atoms with Crippen LogP contribution in [0.5, 0.6) is 0 Å². The Kier molecular flexibility index (Phi) is 3.03. The lowest BCUT2D eigenvalue weighted by atomic mass is 10.0. The van der Waals surface area contributed by atoms with Crippen LogP contribution in [0.25, 0.3) is 0 Å². The summed E-state index contributed by atoms with van der Waals surface area (Å²) in [7, 11) is 0. The van der Waals surface area contributed by atoms with Gasteiger partial charge >= 0.3 is 5.97 Å². The summed E-state index contributed by atoms with van der Waals surface area (Å²) in [4.78, 5) is 10.3. The Morgan fingerprint density at radius 2 is 2.21 bits per heavy atom. The van der Waals surface area contributed by atoms with Gasteiger partial charge in [-0.3, -0.25) is 4.79 Å². The molecule has 0 aliphatic heterocycles. The third-order valence-corrected chi connectivity index (χ3v) is 1.81. The number of hydrogen-bond acceptors (Lipinski definition) is 3. The molecule has 1 unspecified atom stereocenters. The average Bonchev–Trinajstić information content (AvgIpc) is 2.08. The second-order valence-electron chi connectivity index (χ2n) is 2.86. The zero-order valence-corrected chi connectivity index (χ0v) is 7.27. The highest BCUT2D eigenvalue weighted by Gasteiger charge is 2.16. The number of nitrogen functional groups attached to an aromatic ring is 1. The van der Waals surface area contributed by atoms with Gasteiger partial charge in [0.05, 0.1) is 18.2 Å². The molecule has 1 rings (SSSR count). The molecule has 0 saturated heterocycles. The van der Waals surface area contributed by atoms with E-state index in [0.717, 1.165) is 6.07 Å². The Bertz CT molecular complexity index is 354. The van der Waals surface area contributed by atoms with Gasteiger partial charge in [-0.15, -0.1) is 0 Å². The van der Waals surface area contributed by atoms with Crippen molar-refractivity contribution in [1.29, 1.82) is 0 Å². The number of benzene rings is 1. The van der Waals surface area contributed by atoms with E-state index in [1.54, 1.807) is 0 Å². The number of aliphatic hydroxyl groups is 1. The first-order valence-corrected chi connectivity index (χ1v) is 3.96. The molecule has 0 aliphatic rings. The van der Waals surface area contributed by atoms with Crippen LogP contribution in [0.15, 0.2) is 18.2 Å². The maximum atomic E-state index is 12.9. The molecule has 4 N–H and O–H groups in total. The van der Waals surface area contributed by atoms with Gasteiger partial charge in [0.25, 0.3) is 0 Å². The van der Waals surface area contributed by atoms with Crippen molar-refractivity contribution in [1.82, 2.24) is 0 Å². The number of hydrogen-bond donors (Lipinski definition) is 3. The van der Waals surface area contributed by atoms with Crippen molar-refractivity contribution in [3.8, 4) is 0 Å². The van der Waals surface area contributed by atoms with Gasteiger partial charge in [-0.1, -0.05) is 12.1 Å². The molecule has 0 amide bonds. The fourth-order valence-electron chi connectivity index (χ4n) is 1.12. The van der Waals surface area contributed by atoms with Gasteiger partial charge in [-0.05, 0) is 6.07 Å². The summed E-state index contributed by atoms with van der Waals surface area (Å²) in [6.45, 7) is 0. The van der Waals surface area contributed by atoms with Crippen LogP contribution in [0.1, 0.15) is 18.1 Å². The first-order chi connectivity index (χ1) is 6.52. The van der Waals surface area contributed by atoms with E-state index in [1.807, 2.05) is 0 Å². The first kappa shape index (κ1) is 10.5. The first-order valence-electron chi connectivity index (χ1n) is 3.96. The number of carbonyl (C=O) groups is 1. The van der Waals surface area contributed by atoms with E-state index in [4.69, 9.17) is 10.8 Å². The summed E-state index contributed by atoms with van der Waals surface area (Å²) < 4.78 is 12.9. The molecule has 0 fully saturated rings. The Balaban J connectivity index is 2.95. The van der Waals surface area contributed by atoms with Crippen LogP contribution in [0.4, 0.5) is 10.1 Å². The van der Waals surface area contributed by atoms with E-state index in [9.17, 15) is 14.3 Å². The largest absolute Gasteiger partial charge is 0.481 e. The molecule has 76 valence electrons. The molecule has 1 aromatic rings. The Morgan fingerprint density at radius 1 is 1.57 bits per heavy atom. The number of aliphatic carboxylic acids is 1. The van der Waals surface area contributed by atoms with Crippen molar-refractivity contribution in [2.45, 2.75) is 12.5 Å². The molecule has 0 aromatic heterocycles. The molecule has 14 heavy (non-hydrogen) atoms. The maximum absolute atomic E-state index is 12.9. The molecule has 1 aromatic carbocycles. The third kappa shape index (κ3) is 2.20. The van der Waals surface area contributed by atoms with Crippen molar-refractivity contribution >= 4 is 11.7 Å². The van der Waals surface area contributed by atoms with Crippen molar-refractivity contribution in [3.63, 3.8) is 0 Å². The maximum Gasteiger partial charge on any atom is 0.306 e. The highest BCUT2D eigenvalue weighted by atomic mass is 19.1. The van der Waals surface area contributed by atoms with Crippen molar-refractivity contribution in [2.24, 2.45) is 0 Å². The molecule has 1 atom stereocenters. The van der Waals surface area contributed by atoms with Crippen molar-refractivity contribution in [3.05, 3.63) is 29.6 Å². The zero-order chi connectivity index (χ0) is 10.7. The van der Waals surface area contributed by atoms with Gasteiger partial charge in [0.1, 0.15) is 5.82 Å². The second-order valence-corrected chi connectivity index (χ2v) is 2.86. The number of carboxylic acid groups (broad SMARTS) is 1. The van der Waals surface area contributed by atoms with Gasteiger partial charge in [0.15, 0.2) is 0 Å². The smallest absolute Gasteiger partial charge is 0.306 e. The molecular formula is C9H10FNO3. The lowest BCUT2D eigenvalue weighted by molar-refractivity contribution is -0.139. The average molecular weight is 199 g/mol. The quantitative estimate of drug-likeness (QED) is 0.632. The monoisotopic (exact) mass is 199 g/mol. The van der Waals surface area contributed by atoms with Crippen molar-refractivity contribution in [2.75, 3.05) is 5.73 Å².